The zero-order valence-electron chi connectivity index (χ0n) is 11.0. The summed E-state index contributed by atoms with van der Waals surface area (Å²) in [6.07, 6.45) is 7.04. The van der Waals surface area contributed by atoms with Crippen molar-refractivity contribution in [1.82, 2.24) is 15.3 Å². The Morgan fingerprint density at radius 2 is 2.25 bits per heavy atom. The smallest absolute Gasteiger partial charge is 0.251 e. The molecular formula is C14H16N4OS. The van der Waals surface area contributed by atoms with Crippen LogP contribution in [0, 0.1) is 0 Å². The second-order valence-electron chi connectivity index (χ2n) is 4.81. The minimum atomic E-state index is -0.0979. The maximum atomic E-state index is 12.1. The molecule has 3 rings (SSSR count). The number of aromatic nitrogens is 2. The highest BCUT2D eigenvalue weighted by atomic mass is 32.1. The van der Waals surface area contributed by atoms with Crippen molar-refractivity contribution in [2.45, 2.75) is 31.8 Å². The largest absolute Gasteiger partial charge is 0.367 e. The maximum absolute atomic E-state index is 12.1. The second kappa shape index (κ2) is 6.00. The molecule has 0 radical (unpaired) electrons. The molecule has 2 aromatic heterocycles. The van der Waals surface area contributed by atoms with Gasteiger partial charge in [0.2, 0.25) is 0 Å². The van der Waals surface area contributed by atoms with Gasteiger partial charge in [-0.3, -0.25) is 4.79 Å². The molecule has 1 amide bonds. The highest BCUT2D eigenvalue weighted by molar-refractivity contribution is 7.09. The highest BCUT2D eigenvalue weighted by Gasteiger charge is 2.17. The first kappa shape index (κ1) is 13.1. The molecular weight excluding hydrogens is 272 g/mol. The van der Waals surface area contributed by atoms with Crippen molar-refractivity contribution < 1.29 is 4.79 Å². The molecule has 20 heavy (non-hydrogen) atoms. The van der Waals surface area contributed by atoms with Crippen LogP contribution in [0.25, 0.3) is 0 Å². The number of nitrogens with zero attached hydrogens (tertiary/aromatic N) is 2. The van der Waals surface area contributed by atoms with Gasteiger partial charge in [-0.2, -0.15) is 0 Å². The van der Waals surface area contributed by atoms with E-state index in [2.05, 4.69) is 20.6 Å². The lowest BCUT2D eigenvalue weighted by Gasteiger charge is -2.26. The Morgan fingerprint density at radius 3 is 2.95 bits per heavy atom. The molecule has 0 bridgehead atoms. The van der Waals surface area contributed by atoms with Gasteiger partial charge in [0.15, 0.2) is 0 Å². The summed E-state index contributed by atoms with van der Waals surface area (Å²) in [7, 11) is 0. The monoisotopic (exact) mass is 288 g/mol. The quantitative estimate of drug-likeness (QED) is 0.886. The summed E-state index contributed by atoms with van der Waals surface area (Å²) in [5.74, 6) is 0.677. The molecule has 0 aliphatic heterocycles. The van der Waals surface area contributed by atoms with E-state index in [1.165, 1.54) is 30.6 Å². The summed E-state index contributed by atoms with van der Waals surface area (Å²) in [4.78, 5) is 20.5. The van der Waals surface area contributed by atoms with Gasteiger partial charge in [-0.05, 0) is 31.4 Å². The van der Waals surface area contributed by atoms with Gasteiger partial charge in [-0.15, -0.1) is 11.3 Å². The Bertz CT molecular complexity index is 581. The Kier molecular flexibility index (Phi) is 3.92. The first-order chi connectivity index (χ1) is 9.81. The van der Waals surface area contributed by atoms with Crippen LogP contribution in [-0.2, 0) is 6.54 Å². The molecule has 1 fully saturated rings. The van der Waals surface area contributed by atoms with Gasteiger partial charge in [-0.25, -0.2) is 9.97 Å². The lowest BCUT2D eigenvalue weighted by molar-refractivity contribution is 0.0951. The molecule has 2 N–H and O–H groups in total. The van der Waals surface area contributed by atoms with Gasteiger partial charge in [0.25, 0.3) is 5.91 Å². The van der Waals surface area contributed by atoms with Gasteiger partial charge in [0, 0.05) is 29.4 Å². The Balaban J connectivity index is 1.60. The van der Waals surface area contributed by atoms with Crippen LogP contribution < -0.4 is 10.6 Å². The number of amides is 1. The first-order valence-corrected chi connectivity index (χ1v) is 7.58. The summed E-state index contributed by atoms with van der Waals surface area (Å²) in [5, 5.41) is 9.01. The van der Waals surface area contributed by atoms with Crippen molar-refractivity contribution in [1.29, 1.82) is 0 Å². The van der Waals surface area contributed by atoms with Crippen molar-refractivity contribution in [3.63, 3.8) is 0 Å². The zero-order chi connectivity index (χ0) is 13.8. The SMILES string of the molecule is O=C(NCc1nccs1)c1ccnc(NC2CCC2)c1. The van der Waals surface area contributed by atoms with Crippen LogP contribution in [0.5, 0.6) is 0 Å². The molecule has 0 unspecified atom stereocenters. The van der Waals surface area contributed by atoms with Crippen LogP contribution >= 0.6 is 11.3 Å². The average Bonchev–Trinajstić information content (AvgIpc) is 2.94. The molecule has 0 saturated heterocycles. The molecule has 1 aliphatic rings. The number of thiazole rings is 1. The fraction of sp³-hybridized carbons (Fsp3) is 0.357. The Morgan fingerprint density at radius 1 is 1.35 bits per heavy atom. The van der Waals surface area contributed by atoms with Gasteiger partial charge in [0.1, 0.15) is 10.8 Å². The second-order valence-corrected chi connectivity index (χ2v) is 5.79. The number of carbonyl (C=O) groups is 1. The minimum absolute atomic E-state index is 0.0979. The lowest BCUT2D eigenvalue weighted by atomic mass is 9.93. The number of nitrogens with one attached hydrogen (secondary N) is 2. The highest BCUT2D eigenvalue weighted by Crippen LogP contribution is 2.22. The number of carbonyl (C=O) groups excluding carboxylic acids is 1. The predicted octanol–water partition coefficient (Wildman–Crippen LogP) is 2.43. The minimum Gasteiger partial charge on any atom is -0.367 e. The van der Waals surface area contributed by atoms with Crippen LogP contribution in [0.15, 0.2) is 29.9 Å². The van der Waals surface area contributed by atoms with Crippen molar-refractivity contribution in [2.24, 2.45) is 0 Å². The van der Waals surface area contributed by atoms with Gasteiger partial charge < -0.3 is 10.6 Å². The zero-order valence-corrected chi connectivity index (χ0v) is 11.8. The van der Waals surface area contributed by atoms with E-state index in [0.717, 1.165) is 10.8 Å². The van der Waals surface area contributed by atoms with E-state index in [1.54, 1.807) is 24.5 Å². The van der Waals surface area contributed by atoms with Crippen LogP contribution in [0.3, 0.4) is 0 Å². The topological polar surface area (TPSA) is 66.9 Å². The fourth-order valence-corrected chi connectivity index (χ4v) is 2.57. The fourth-order valence-electron chi connectivity index (χ4n) is 2.01. The van der Waals surface area contributed by atoms with Crippen molar-refractivity contribution in [3.05, 3.63) is 40.5 Å². The van der Waals surface area contributed by atoms with E-state index >= 15 is 0 Å². The van der Waals surface area contributed by atoms with E-state index in [-0.39, 0.29) is 5.91 Å². The van der Waals surface area contributed by atoms with E-state index < -0.39 is 0 Å². The Labute approximate surface area is 121 Å². The molecule has 6 heteroatoms. The number of rotatable bonds is 5. The summed E-state index contributed by atoms with van der Waals surface area (Å²) in [6, 6.07) is 4.04. The number of hydrogen-bond donors (Lipinski definition) is 2. The molecule has 104 valence electrons. The Hall–Kier alpha value is -1.95. The summed E-state index contributed by atoms with van der Waals surface area (Å²) in [6.45, 7) is 0.463. The molecule has 0 atom stereocenters. The molecule has 5 nitrogen and oxygen atoms in total. The molecule has 1 saturated carbocycles. The van der Waals surface area contributed by atoms with Gasteiger partial charge >= 0.3 is 0 Å². The van der Waals surface area contributed by atoms with E-state index in [0.29, 0.717) is 18.2 Å². The van der Waals surface area contributed by atoms with E-state index in [4.69, 9.17) is 0 Å². The number of pyridine rings is 1. The molecule has 2 heterocycles. The number of anilines is 1. The summed E-state index contributed by atoms with van der Waals surface area (Å²) < 4.78 is 0. The maximum Gasteiger partial charge on any atom is 0.251 e. The first-order valence-electron chi connectivity index (χ1n) is 6.70. The van der Waals surface area contributed by atoms with E-state index in [9.17, 15) is 4.79 Å². The number of hydrogen-bond acceptors (Lipinski definition) is 5. The van der Waals surface area contributed by atoms with Crippen molar-refractivity contribution in [3.8, 4) is 0 Å². The van der Waals surface area contributed by atoms with Crippen LogP contribution in [0.4, 0.5) is 5.82 Å². The predicted molar refractivity (Wildman–Crippen MR) is 78.8 cm³/mol. The van der Waals surface area contributed by atoms with Crippen LogP contribution in [0.2, 0.25) is 0 Å². The molecule has 0 spiro atoms. The standard InChI is InChI=1S/C14H16N4OS/c19-14(17-9-13-16-6-7-20-13)10-4-5-15-12(8-10)18-11-2-1-3-11/h4-8,11H,1-3,9H2,(H,15,18)(H,17,19). The third-order valence-corrected chi connectivity index (χ3v) is 4.14. The molecule has 2 aromatic rings. The third kappa shape index (κ3) is 3.14. The van der Waals surface area contributed by atoms with Crippen molar-refractivity contribution in [2.75, 3.05) is 5.32 Å². The third-order valence-electron chi connectivity index (χ3n) is 3.36. The summed E-state index contributed by atoms with van der Waals surface area (Å²) in [5.41, 5.74) is 0.623. The van der Waals surface area contributed by atoms with Crippen LogP contribution in [-0.4, -0.2) is 21.9 Å². The average molecular weight is 288 g/mol. The molecule has 0 aromatic carbocycles. The van der Waals surface area contributed by atoms with Gasteiger partial charge in [0.05, 0.1) is 6.54 Å². The lowest BCUT2D eigenvalue weighted by Crippen LogP contribution is -2.28. The summed E-state index contributed by atoms with van der Waals surface area (Å²) >= 11 is 1.53. The van der Waals surface area contributed by atoms with Crippen LogP contribution in [0.1, 0.15) is 34.6 Å². The van der Waals surface area contributed by atoms with E-state index in [1.807, 2.05) is 5.38 Å². The molecule has 1 aliphatic carbocycles. The normalized spacial score (nSPS) is 14.6. The van der Waals surface area contributed by atoms with Crippen molar-refractivity contribution >= 4 is 23.1 Å². The van der Waals surface area contributed by atoms with Gasteiger partial charge in [-0.1, -0.05) is 0 Å².